The first-order chi connectivity index (χ1) is 3.31. The van der Waals surface area contributed by atoms with E-state index in [1.54, 1.807) is 7.05 Å². The van der Waals surface area contributed by atoms with Crippen molar-refractivity contribution in [1.29, 1.82) is 0 Å². The monoisotopic (exact) mass is 120 g/mol. The summed E-state index contributed by atoms with van der Waals surface area (Å²) in [5.41, 5.74) is -0.120. The minimum absolute atomic E-state index is 0.120. The van der Waals surface area contributed by atoms with Crippen LogP contribution in [0.2, 0.25) is 0 Å². The Hall–Kier alpha value is -0.110. The normalized spacial score (nSPS) is 15.3. The van der Waals surface area contributed by atoms with Gasteiger partial charge < -0.3 is 0 Å². The van der Waals surface area contributed by atoms with Crippen LogP contribution >= 0.6 is 11.6 Å². The molecule has 0 aliphatic rings. The largest absolute Gasteiger partial charge is 0.196 e. The van der Waals surface area contributed by atoms with Gasteiger partial charge >= 0.3 is 0 Å². The highest BCUT2D eigenvalue weighted by Gasteiger charge is 1.91. The fourth-order valence-electron chi connectivity index (χ4n) is 0.207. The van der Waals surface area contributed by atoms with Crippen molar-refractivity contribution in [3.05, 3.63) is 0 Å². The summed E-state index contributed by atoms with van der Waals surface area (Å²) in [5.74, 6) is 0. The predicted octanol–water partition coefficient (Wildman–Crippen LogP) is 2.04. The van der Waals surface area contributed by atoms with Crippen molar-refractivity contribution < 1.29 is 0 Å². The van der Waals surface area contributed by atoms with Gasteiger partial charge in [-0.05, 0) is 6.42 Å². The van der Waals surface area contributed by atoms with Crippen LogP contribution in [-0.4, -0.2) is 12.5 Å². The highest BCUT2D eigenvalue weighted by molar-refractivity contribution is 6.20. The first-order valence-electron chi connectivity index (χ1n) is 2.24. The average Bonchev–Trinajstić information content (AvgIpc) is 1.68. The van der Waals surface area contributed by atoms with Crippen LogP contribution in [0, 0.1) is 0 Å². The lowest BCUT2D eigenvalue weighted by Crippen LogP contribution is -1.86. The molecule has 0 amide bonds. The Bertz CT molecular complexity index is 62.7. The summed E-state index contributed by atoms with van der Waals surface area (Å²) < 4.78 is 0. The van der Waals surface area contributed by atoms with Crippen LogP contribution in [-0.2, 0) is 0 Å². The van der Waals surface area contributed by atoms with Crippen LogP contribution < -0.4 is 0 Å². The standard InChI is InChI=1S/C4H9ClN2/c1-3-4(5)7-6-2/h4H,3H2,1-2H3. The molecule has 0 aromatic heterocycles. The van der Waals surface area contributed by atoms with E-state index in [-0.39, 0.29) is 5.50 Å². The third kappa shape index (κ3) is 3.73. The van der Waals surface area contributed by atoms with Crippen LogP contribution in [0.5, 0.6) is 0 Å². The van der Waals surface area contributed by atoms with Gasteiger partial charge in [-0.25, -0.2) is 0 Å². The first kappa shape index (κ1) is 6.89. The zero-order valence-corrected chi connectivity index (χ0v) is 5.31. The highest BCUT2D eigenvalue weighted by atomic mass is 35.5. The molecular formula is C4H9ClN2. The van der Waals surface area contributed by atoms with Crippen molar-refractivity contribution in [2.75, 3.05) is 7.05 Å². The summed E-state index contributed by atoms with van der Waals surface area (Å²) in [6.45, 7) is 1.96. The highest BCUT2D eigenvalue weighted by Crippen LogP contribution is 2.01. The maximum absolute atomic E-state index is 5.50. The van der Waals surface area contributed by atoms with Gasteiger partial charge in [-0.1, -0.05) is 18.5 Å². The van der Waals surface area contributed by atoms with E-state index >= 15 is 0 Å². The van der Waals surface area contributed by atoms with E-state index in [1.807, 2.05) is 6.92 Å². The summed E-state index contributed by atoms with van der Waals surface area (Å²) >= 11 is 5.50. The minimum atomic E-state index is -0.120. The van der Waals surface area contributed by atoms with Crippen molar-refractivity contribution in [3.8, 4) is 0 Å². The van der Waals surface area contributed by atoms with Crippen molar-refractivity contribution in [2.45, 2.75) is 18.8 Å². The topological polar surface area (TPSA) is 24.7 Å². The lowest BCUT2D eigenvalue weighted by Gasteiger charge is -1.91. The molecule has 2 nitrogen and oxygen atoms in total. The maximum Gasteiger partial charge on any atom is 0.144 e. The molecule has 0 spiro atoms. The van der Waals surface area contributed by atoms with E-state index < -0.39 is 0 Å². The average molecular weight is 121 g/mol. The Labute approximate surface area is 48.6 Å². The zero-order chi connectivity index (χ0) is 5.70. The molecule has 7 heavy (non-hydrogen) atoms. The van der Waals surface area contributed by atoms with Gasteiger partial charge in [0, 0.05) is 7.05 Å². The summed E-state index contributed by atoms with van der Waals surface area (Å²) in [6, 6.07) is 0. The molecule has 0 aliphatic heterocycles. The van der Waals surface area contributed by atoms with Crippen molar-refractivity contribution in [1.82, 2.24) is 0 Å². The number of hydrogen-bond donors (Lipinski definition) is 0. The summed E-state index contributed by atoms with van der Waals surface area (Å²) in [6.07, 6.45) is 0.846. The second-order valence-corrected chi connectivity index (χ2v) is 1.66. The van der Waals surface area contributed by atoms with Gasteiger partial charge in [-0.15, -0.1) is 0 Å². The molecule has 0 aromatic rings. The second-order valence-electron chi connectivity index (χ2n) is 1.16. The van der Waals surface area contributed by atoms with Gasteiger partial charge in [-0.2, -0.15) is 10.2 Å². The van der Waals surface area contributed by atoms with Crippen LogP contribution in [0.15, 0.2) is 10.2 Å². The number of alkyl halides is 1. The number of halogens is 1. The fraction of sp³-hybridized carbons (Fsp3) is 1.00. The lowest BCUT2D eigenvalue weighted by atomic mass is 10.5. The van der Waals surface area contributed by atoms with Gasteiger partial charge in [0.2, 0.25) is 0 Å². The third-order valence-corrected chi connectivity index (χ3v) is 0.974. The van der Waals surface area contributed by atoms with E-state index in [2.05, 4.69) is 10.2 Å². The molecule has 0 saturated heterocycles. The van der Waals surface area contributed by atoms with E-state index in [0.29, 0.717) is 0 Å². The minimum Gasteiger partial charge on any atom is -0.196 e. The van der Waals surface area contributed by atoms with E-state index in [0.717, 1.165) is 6.42 Å². The number of azo groups is 1. The van der Waals surface area contributed by atoms with Crippen molar-refractivity contribution in [2.24, 2.45) is 10.2 Å². The molecular weight excluding hydrogens is 112 g/mol. The maximum atomic E-state index is 5.50. The summed E-state index contributed by atoms with van der Waals surface area (Å²) in [4.78, 5) is 0. The van der Waals surface area contributed by atoms with Crippen molar-refractivity contribution >= 4 is 11.6 Å². The van der Waals surface area contributed by atoms with Gasteiger partial charge in [0.05, 0.1) is 0 Å². The Morgan fingerprint density at radius 2 is 2.29 bits per heavy atom. The Balaban J connectivity index is 3.16. The molecule has 0 aliphatic carbocycles. The Kier molecular flexibility index (Phi) is 4.00. The second kappa shape index (κ2) is 4.06. The third-order valence-electron chi connectivity index (χ3n) is 0.578. The molecule has 0 saturated carbocycles. The van der Waals surface area contributed by atoms with E-state index in [1.165, 1.54) is 0 Å². The first-order valence-corrected chi connectivity index (χ1v) is 2.68. The van der Waals surface area contributed by atoms with Crippen LogP contribution in [0.4, 0.5) is 0 Å². The van der Waals surface area contributed by atoms with E-state index in [9.17, 15) is 0 Å². The van der Waals surface area contributed by atoms with Crippen LogP contribution in [0.3, 0.4) is 0 Å². The van der Waals surface area contributed by atoms with Gasteiger partial charge in [-0.3, -0.25) is 0 Å². The zero-order valence-electron chi connectivity index (χ0n) is 4.56. The van der Waals surface area contributed by atoms with E-state index in [4.69, 9.17) is 11.6 Å². The van der Waals surface area contributed by atoms with Gasteiger partial charge in [0.25, 0.3) is 0 Å². The predicted molar refractivity (Wildman–Crippen MR) is 30.7 cm³/mol. The molecule has 0 aromatic carbocycles. The van der Waals surface area contributed by atoms with Gasteiger partial charge in [0.1, 0.15) is 5.50 Å². The molecule has 0 N–H and O–H groups in total. The Morgan fingerprint density at radius 3 is 2.43 bits per heavy atom. The molecule has 0 rings (SSSR count). The molecule has 1 atom stereocenters. The number of nitrogens with zero attached hydrogens (tertiary/aromatic N) is 2. The molecule has 1 unspecified atom stereocenters. The smallest absolute Gasteiger partial charge is 0.144 e. The molecule has 0 radical (unpaired) electrons. The summed E-state index contributed by atoms with van der Waals surface area (Å²) in [7, 11) is 1.62. The molecule has 42 valence electrons. The molecule has 0 bridgehead atoms. The molecule has 0 heterocycles. The van der Waals surface area contributed by atoms with Crippen LogP contribution in [0.1, 0.15) is 13.3 Å². The lowest BCUT2D eigenvalue weighted by molar-refractivity contribution is 0.798. The molecule has 0 fully saturated rings. The fourth-order valence-corrected chi connectivity index (χ4v) is 0.294. The van der Waals surface area contributed by atoms with Crippen LogP contribution in [0.25, 0.3) is 0 Å². The number of hydrogen-bond acceptors (Lipinski definition) is 2. The Morgan fingerprint density at radius 1 is 1.71 bits per heavy atom. The molecule has 3 heteroatoms. The number of rotatable bonds is 2. The van der Waals surface area contributed by atoms with Crippen molar-refractivity contribution in [3.63, 3.8) is 0 Å². The SMILES string of the molecule is CCC(Cl)N=NC. The summed E-state index contributed by atoms with van der Waals surface area (Å²) in [5, 5.41) is 7.13. The van der Waals surface area contributed by atoms with Gasteiger partial charge in [0.15, 0.2) is 0 Å². The quantitative estimate of drug-likeness (QED) is 0.303.